The van der Waals surface area contributed by atoms with Gasteiger partial charge in [0, 0.05) is 21.0 Å². The van der Waals surface area contributed by atoms with Gasteiger partial charge in [0.1, 0.15) is 16.1 Å². The number of hydrogen-bond donors (Lipinski definition) is 1. The number of aryl methyl sites for hydroxylation is 1. The molecule has 0 unspecified atom stereocenters. The highest BCUT2D eigenvalue weighted by Gasteiger charge is 2.27. The summed E-state index contributed by atoms with van der Waals surface area (Å²) in [4.78, 5) is 31.9. The van der Waals surface area contributed by atoms with E-state index in [9.17, 15) is 14.9 Å². The monoisotopic (exact) mass is 587 g/mol. The topological polar surface area (TPSA) is 92.1 Å². The summed E-state index contributed by atoms with van der Waals surface area (Å²) in [5.74, 6) is -0.662. The van der Waals surface area contributed by atoms with Gasteiger partial charge < -0.3 is 10.1 Å². The summed E-state index contributed by atoms with van der Waals surface area (Å²) in [6, 6.07) is 21.2. The van der Waals surface area contributed by atoms with Crippen molar-refractivity contribution in [2.24, 2.45) is 0 Å². The lowest BCUT2D eigenvalue weighted by Crippen LogP contribution is -2.17. The Morgan fingerprint density at radius 3 is 2.58 bits per heavy atom. The number of carbonyl (C=O) groups excluding carboxylic acids is 2. The van der Waals surface area contributed by atoms with Crippen molar-refractivity contribution in [2.75, 3.05) is 17.7 Å². The van der Waals surface area contributed by atoms with Crippen molar-refractivity contribution in [2.45, 2.75) is 37.6 Å². The first-order chi connectivity index (χ1) is 19.5. The molecule has 5 rings (SSSR count). The number of aromatic nitrogens is 1. The Morgan fingerprint density at radius 2 is 1.85 bits per heavy atom. The number of carbonyl (C=O) groups is 2. The Bertz CT molecular complexity index is 1600. The molecule has 6 nitrogen and oxygen atoms in total. The standard InChI is InChI=1S/C31H26ClN3O3S2/c1-2-38-31(37)28-22-10-6-7-11-26(22)40-30(28)35-27(36)18-39-29-24(17-33)23(19-8-4-3-5-9-19)16-25(34-29)20-12-14-21(32)15-13-20/h3-5,8-9,12-16H,2,6-7,10-11,18H2,1H3,(H,35,36). The number of benzene rings is 2. The first-order valence-corrected chi connectivity index (χ1v) is 15.2. The van der Waals surface area contributed by atoms with Crippen LogP contribution in [0.5, 0.6) is 0 Å². The summed E-state index contributed by atoms with van der Waals surface area (Å²) in [6.07, 6.45) is 3.77. The van der Waals surface area contributed by atoms with E-state index < -0.39 is 5.97 Å². The van der Waals surface area contributed by atoms with E-state index in [0.29, 0.717) is 31.9 Å². The van der Waals surface area contributed by atoms with Crippen LogP contribution in [0, 0.1) is 11.3 Å². The minimum Gasteiger partial charge on any atom is -0.462 e. The molecule has 1 N–H and O–H groups in total. The SMILES string of the molecule is CCOC(=O)c1c(NC(=O)CSc2nc(-c3ccc(Cl)cc3)cc(-c3ccccc3)c2C#N)sc2c1CCCC2. The van der Waals surface area contributed by atoms with Gasteiger partial charge in [-0.1, -0.05) is 65.8 Å². The van der Waals surface area contributed by atoms with Crippen LogP contribution in [0.1, 0.15) is 46.1 Å². The summed E-state index contributed by atoms with van der Waals surface area (Å²) in [5, 5.41) is 14.7. The number of fused-ring (bicyclic) bond motifs is 1. The Kier molecular flexibility index (Phi) is 8.85. The third-order valence-electron chi connectivity index (χ3n) is 6.57. The number of esters is 1. The fourth-order valence-electron chi connectivity index (χ4n) is 4.72. The van der Waals surface area contributed by atoms with Crippen LogP contribution < -0.4 is 5.32 Å². The summed E-state index contributed by atoms with van der Waals surface area (Å²) >= 11 is 8.75. The molecule has 2 aromatic heterocycles. The number of thiophene rings is 1. The van der Waals surface area contributed by atoms with Crippen LogP contribution in [0.2, 0.25) is 5.02 Å². The molecule has 0 saturated heterocycles. The van der Waals surface area contributed by atoms with Gasteiger partial charge in [-0.25, -0.2) is 9.78 Å². The normalized spacial score (nSPS) is 12.3. The number of amides is 1. The molecule has 0 fully saturated rings. The average Bonchev–Trinajstić information content (AvgIpc) is 3.34. The fourth-order valence-corrected chi connectivity index (χ4v) is 6.94. The molecule has 0 aliphatic heterocycles. The Balaban J connectivity index is 1.44. The van der Waals surface area contributed by atoms with E-state index in [1.807, 2.05) is 48.5 Å². The van der Waals surface area contributed by atoms with Gasteiger partial charge in [0.25, 0.3) is 0 Å². The second-order valence-electron chi connectivity index (χ2n) is 9.19. The maximum absolute atomic E-state index is 13.2. The summed E-state index contributed by atoms with van der Waals surface area (Å²) < 4.78 is 5.31. The van der Waals surface area contributed by atoms with E-state index in [1.54, 1.807) is 19.1 Å². The predicted molar refractivity (Wildman–Crippen MR) is 161 cm³/mol. The smallest absolute Gasteiger partial charge is 0.341 e. The molecular weight excluding hydrogens is 562 g/mol. The molecule has 0 saturated carbocycles. The van der Waals surface area contributed by atoms with Gasteiger partial charge in [0.2, 0.25) is 5.91 Å². The molecule has 1 aliphatic carbocycles. The molecule has 0 bridgehead atoms. The van der Waals surface area contributed by atoms with Crippen molar-refractivity contribution in [1.29, 1.82) is 5.26 Å². The molecule has 202 valence electrons. The molecule has 1 amide bonds. The van der Waals surface area contributed by atoms with E-state index in [2.05, 4.69) is 11.4 Å². The van der Waals surface area contributed by atoms with Gasteiger partial charge in [-0.05, 0) is 61.9 Å². The Labute approximate surface area is 246 Å². The number of anilines is 1. The van der Waals surface area contributed by atoms with Crippen molar-refractivity contribution < 1.29 is 14.3 Å². The van der Waals surface area contributed by atoms with Crippen molar-refractivity contribution in [3.8, 4) is 28.5 Å². The highest BCUT2D eigenvalue weighted by atomic mass is 35.5. The van der Waals surface area contributed by atoms with Gasteiger partial charge in [0.15, 0.2) is 0 Å². The number of halogens is 1. The van der Waals surface area contributed by atoms with E-state index >= 15 is 0 Å². The largest absolute Gasteiger partial charge is 0.462 e. The molecule has 0 radical (unpaired) electrons. The average molecular weight is 588 g/mol. The molecule has 40 heavy (non-hydrogen) atoms. The molecule has 2 aromatic carbocycles. The lowest BCUT2D eigenvalue weighted by molar-refractivity contribution is -0.113. The van der Waals surface area contributed by atoms with E-state index in [1.165, 1.54) is 23.1 Å². The van der Waals surface area contributed by atoms with Crippen molar-refractivity contribution >= 4 is 51.6 Å². The van der Waals surface area contributed by atoms with Crippen molar-refractivity contribution in [3.63, 3.8) is 0 Å². The number of nitrogens with one attached hydrogen (secondary N) is 1. The van der Waals surface area contributed by atoms with Crippen LogP contribution in [0.15, 0.2) is 65.7 Å². The molecule has 0 spiro atoms. The predicted octanol–water partition coefficient (Wildman–Crippen LogP) is 7.79. The zero-order valence-corrected chi connectivity index (χ0v) is 24.2. The summed E-state index contributed by atoms with van der Waals surface area (Å²) in [5.41, 5.74) is 5.02. The van der Waals surface area contributed by atoms with E-state index in [4.69, 9.17) is 21.3 Å². The lowest BCUT2D eigenvalue weighted by atomic mass is 9.95. The van der Waals surface area contributed by atoms with Crippen LogP contribution in [0.25, 0.3) is 22.4 Å². The second kappa shape index (κ2) is 12.7. The second-order valence-corrected chi connectivity index (χ2v) is 11.7. The van der Waals surface area contributed by atoms with Crippen molar-refractivity contribution in [1.82, 2.24) is 4.98 Å². The zero-order chi connectivity index (χ0) is 28.1. The maximum Gasteiger partial charge on any atom is 0.341 e. The minimum atomic E-state index is -0.401. The fraction of sp³-hybridized carbons (Fsp3) is 0.226. The third-order valence-corrected chi connectivity index (χ3v) is 9.00. The molecular formula is C31H26ClN3O3S2. The Morgan fingerprint density at radius 1 is 1.10 bits per heavy atom. The molecule has 2 heterocycles. The van der Waals surface area contributed by atoms with Crippen LogP contribution in [0.4, 0.5) is 5.00 Å². The lowest BCUT2D eigenvalue weighted by Gasteiger charge is -2.13. The van der Waals surface area contributed by atoms with Gasteiger partial charge in [-0.15, -0.1) is 11.3 Å². The number of thioether (sulfide) groups is 1. The maximum atomic E-state index is 13.2. The van der Waals surface area contributed by atoms with E-state index in [0.717, 1.165) is 52.8 Å². The molecule has 1 aliphatic rings. The van der Waals surface area contributed by atoms with Gasteiger partial charge in [-0.3, -0.25) is 4.79 Å². The third kappa shape index (κ3) is 6.07. The van der Waals surface area contributed by atoms with Crippen molar-refractivity contribution in [3.05, 3.63) is 87.3 Å². The highest BCUT2D eigenvalue weighted by Crippen LogP contribution is 2.39. The quantitative estimate of drug-likeness (QED) is 0.167. The van der Waals surface area contributed by atoms with E-state index in [-0.39, 0.29) is 18.3 Å². The number of nitrogens with zero attached hydrogens (tertiary/aromatic N) is 2. The van der Waals surface area contributed by atoms with Gasteiger partial charge in [0.05, 0.1) is 29.2 Å². The zero-order valence-electron chi connectivity index (χ0n) is 21.8. The van der Waals surface area contributed by atoms with Crippen LogP contribution in [-0.4, -0.2) is 29.2 Å². The number of ether oxygens (including phenoxy) is 1. The van der Waals surface area contributed by atoms with Gasteiger partial charge >= 0.3 is 5.97 Å². The number of nitriles is 1. The summed E-state index contributed by atoms with van der Waals surface area (Å²) in [7, 11) is 0. The van der Waals surface area contributed by atoms with Crippen LogP contribution in [0.3, 0.4) is 0 Å². The number of rotatable bonds is 8. The number of hydrogen-bond acceptors (Lipinski definition) is 7. The molecule has 9 heteroatoms. The Hall–Kier alpha value is -3.64. The van der Waals surface area contributed by atoms with Gasteiger partial charge in [-0.2, -0.15) is 5.26 Å². The molecule has 4 aromatic rings. The first-order valence-electron chi connectivity index (χ1n) is 13.0. The van der Waals surface area contributed by atoms with Crippen LogP contribution in [-0.2, 0) is 22.4 Å². The number of pyridine rings is 1. The first kappa shape index (κ1) is 27.9. The minimum absolute atomic E-state index is 0.0187. The molecule has 0 atom stereocenters. The highest BCUT2D eigenvalue weighted by molar-refractivity contribution is 8.00. The van der Waals surface area contributed by atoms with Crippen LogP contribution >= 0.6 is 34.7 Å². The summed E-state index contributed by atoms with van der Waals surface area (Å²) in [6.45, 7) is 2.04.